The molecule has 1 aromatic carbocycles. The van der Waals surface area contributed by atoms with Crippen LogP contribution in [0.4, 0.5) is 0 Å². The van der Waals surface area contributed by atoms with Gasteiger partial charge < -0.3 is 10.4 Å². The topological polar surface area (TPSA) is 49.3 Å². The highest BCUT2D eigenvalue weighted by Crippen LogP contribution is 2.55. The quantitative estimate of drug-likeness (QED) is 0.886. The molecule has 2 unspecified atom stereocenters. The third kappa shape index (κ3) is 2.15. The van der Waals surface area contributed by atoms with Crippen molar-refractivity contribution >= 4 is 27.3 Å². The second-order valence-electron chi connectivity index (χ2n) is 7.84. The summed E-state index contributed by atoms with van der Waals surface area (Å²) in [5.41, 5.74) is 0.366. The van der Waals surface area contributed by atoms with Crippen LogP contribution in [0.1, 0.15) is 42.5 Å². The van der Waals surface area contributed by atoms with Gasteiger partial charge in [-0.2, -0.15) is 0 Å². The monoisotopic (exact) mass is 327 g/mol. The highest BCUT2D eigenvalue weighted by Gasteiger charge is 2.55. The van der Waals surface area contributed by atoms with Crippen LogP contribution in [0.5, 0.6) is 0 Å². The summed E-state index contributed by atoms with van der Waals surface area (Å²) in [7, 11) is 0. The maximum Gasteiger partial charge on any atom is 0.252 e. The van der Waals surface area contributed by atoms with Crippen molar-refractivity contribution in [1.82, 2.24) is 5.32 Å². The Kier molecular flexibility index (Phi) is 2.92. The van der Waals surface area contributed by atoms with Gasteiger partial charge in [-0.05, 0) is 55.9 Å². The Morgan fingerprint density at radius 2 is 1.91 bits per heavy atom. The van der Waals surface area contributed by atoms with E-state index in [1.165, 1.54) is 12.8 Å². The van der Waals surface area contributed by atoms with Crippen LogP contribution in [-0.4, -0.2) is 22.7 Å². The molecule has 6 rings (SSSR count). The van der Waals surface area contributed by atoms with Crippen molar-refractivity contribution in [2.45, 2.75) is 43.7 Å². The predicted molar refractivity (Wildman–Crippen MR) is 91.6 cm³/mol. The van der Waals surface area contributed by atoms with Crippen LogP contribution in [0.15, 0.2) is 29.6 Å². The van der Waals surface area contributed by atoms with Crippen molar-refractivity contribution in [3.8, 4) is 0 Å². The Balaban J connectivity index is 1.41. The van der Waals surface area contributed by atoms with Crippen LogP contribution in [0.2, 0.25) is 0 Å². The maximum absolute atomic E-state index is 12.8. The Morgan fingerprint density at radius 1 is 1.17 bits per heavy atom. The van der Waals surface area contributed by atoms with Crippen LogP contribution in [0.3, 0.4) is 0 Å². The van der Waals surface area contributed by atoms with Crippen molar-refractivity contribution in [3.63, 3.8) is 0 Å². The first-order valence-corrected chi connectivity index (χ1v) is 9.49. The first-order chi connectivity index (χ1) is 11.1. The zero-order valence-electron chi connectivity index (χ0n) is 13.0. The van der Waals surface area contributed by atoms with Gasteiger partial charge in [0, 0.05) is 21.5 Å². The standard InChI is InChI=1S/C19H21NO2S/c21-18(15-10-23-16-4-2-1-3-14(15)16)20-17-12-5-11-6-13(17)9-19(22,7-11)8-12/h1-4,10-13,17,22H,5-9H2,(H,20,21)/t11?,12-,13?,17+,19+/m1/s1. The SMILES string of the molecule is O=C(N[C@@H]1C2CC3C[C@@H]1C[C@@](O)(C3)C2)c1csc2ccccc12. The van der Waals surface area contributed by atoms with Crippen molar-refractivity contribution in [1.29, 1.82) is 0 Å². The van der Waals surface area contributed by atoms with Crippen molar-refractivity contribution in [2.75, 3.05) is 0 Å². The zero-order valence-corrected chi connectivity index (χ0v) is 13.8. The van der Waals surface area contributed by atoms with E-state index in [0.29, 0.717) is 17.8 Å². The van der Waals surface area contributed by atoms with Crippen LogP contribution in [0.25, 0.3) is 10.1 Å². The molecule has 2 aromatic rings. The summed E-state index contributed by atoms with van der Waals surface area (Å²) >= 11 is 1.63. The number of nitrogens with one attached hydrogen (secondary N) is 1. The fraction of sp³-hybridized carbons (Fsp3) is 0.526. The van der Waals surface area contributed by atoms with Crippen molar-refractivity contribution in [2.24, 2.45) is 17.8 Å². The molecular weight excluding hydrogens is 306 g/mol. The number of carbonyl (C=O) groups is 1. The number of thiophene rings is 1. The van der Waals surface area contributed by atoms with Gasteiger partial charge in [0.15, 0.2) is 0 Å². The molecule has 4 aliphatic rings. The van der Waals surface area contributed by atoms with Gasteiger partial charge in [0.05, 0.1) is 11.2 Å². The molecule has 1 amide bonds. The summed E-state index contributed by atoms with van der Waals surface area (Å²) in [6.07, 6.45) is 5.07. The van der Waals surface area contributed by atoms with Crippen molar-refractivity contribution in [3.05, 3.63) is 35.2 Å². The van der Waals surface area contributed by atoms with E-state index in [4.69, 9.17) is 0 Å². The third-order valence-corrected chi connectivity index (χ3v) is 7.23. The Morgan fingerprint density at radius 3 is 2.65 bits per heavy atom. The summed E-state index contributed by atoms with van der Waals surface area (Å²) in [5.74, 6) is 1.65. The van der Waals surface area contributed by atoms with Gasteiger partial charge in [-0.25, -0.2) is 0 Å². The van der Waals surface area contributed by atoms with E-state index in [1.54, 1.807) is 11.3 Å². The molecule has 3 nitrogen and oxygen atoms in total. The molecule has 4 fully saturated rings. The maximum atomic E-state index is 12.8. The lowest BCUT2D eigenvalue weighted by Gasteiger charge is -2.58. The van der Waals surface area contributed by atoms with Gasteiger partial charge in [0.1, 0.15) is 0 Å². The largest absolute Gasteiger partial charge is 0.390 e. The number of carbonyl (C=O) groups excluding carboxylic acids is 1. The highest BCUT2D eigenvalue weighted by atomic mass is 32.1. The molecule has 120 valence electrons. The molecule has 23 heavy (non-hydrogen) atoms. The van der Waals surface area contributed by atoms with Crippen LogP contribution in [-0.2, 0) is 0 Å². The van der Waals surface area contributed by atoms with Gasteiger partial charge in [-0.3, -0.25) is 4.79 Å². The molecule has 4 aliphatic carbocycles. The molecule has 2 N–H and O–H groups in total. The predicted octanol–water partition coefficient (Wildman–Crippen LogP) is 3.57. The number of fused-ring (bicyclic) bond motifs is 1. The van der Waals surface area contributed by atoms with Gasteiger partial charge in [-0.1, -0.05) is 18.2 Å². The smallest absolute Gasteiger partial charge is 0.252 e. The summed E-state index contributed by atoms with van der Waals surface area (Å²) in [5, 5.41) is 17.0. The molecule has 1 heterocycles. The molecule has 0 aliphatic heterocycles. The number of hydrogen-bond donors (Lipinski definition) is 2. The van der Waals surface area contributed by atoms with Gasteiger partial charge in [0.25, 0.3) is 5.91 Å². The van der Waals surface area contributed by atoms with E-state index in [1.807, 2.05) is 23.6 Å². The van der Waals surface area contributed by atoms with Gasteiger partial charge in [-0.15, -0.1) is 11.3 Å². The number of amides is 1. The fourth-order valence-electron chi connectivity index (χ4n) is 5.60. The molecule has 4 heteroatoms. The lowest BCUT2D eigenvalue weighted by atomic mass is 9.52. The average molecular weight is 327 g/mol. The van der Waals surface area contributed by atoms with Gasteiger partial charge >= 0.3 is 0 Å². The minimum absolute atomic E-state index is 0.0620. The number of hydrogen-bond acceptors (Lipinski definition) is 3. The molecule has 5 atom stereocenters. The molecule has 1 aromatic heterocycles. The zero-order chi connectivity index (χ0) is 15.6. The third-order valence-electron chi connectivity index (χ3n) is 6.26. The molecule has 4 saturated carbocycles. The molecule has 0 saturated heterocycles. The normalized spacial score (nSPS) is 38.1. The minimum atomic E-state index is -0.438. The first-order valence-electron chi connectivity index (χ1n) is 8.61. The van der Waals surface area contributed by atoms with E-state index in [2.05, 4.69) is 11.4 Å². The van der Waals surface area contributed by atoms with E-state index < -0.39 is 5.60 Å². The first kappa shape index (κ1) is 14.0. The second-order valence-corrected chi connectivity index (χ2v) is 8.75. The molecule has 4 bridgehead atoms. The Labute approximate surface area is 139 Å². The number of rotatable bonds is 2. The van der Waals surface area contributed by atoms with Gasteiger partial charge in [0.2, 0.25) is 0 Å². The van der Waals surface area contributed by atoms with Crippen molar-refractivity contribution < 1.29 is 9.90 Å². The summed E-state index contributed by atoms with van der Waals surface area (Å²) in [6.45, 7) is 0. The lowest BCUT2D eigenvalue weighted by Crippen LogP contribution is -2.61. The Bertz CT molecular complexity index is 767. The van der Waals surface area contributed by atoms with E-state index >= 15 is 0 Å². The summed E-state index contributed by atoms with van der Waals surface area (Å²) < 4.78 is 1.16. The minimum Gasteiger partial charge on any atom is -0.390 e. The van der Waals surface area contributed by atoms with Crippen LogP contribution < -0.4 is 5.32 Å². The Hall–Kier alpha value is -1.39. The molecule has 0 radical (unpaired) electrons. The number of aliphatic hydroxyl groups is 1. The van der Waals surface area contributed by atoms with Crippen LogP contribution in [0, 0.1) is 17.8 Å². The highest BCUT2D eigenvalue weighted by molar-refractivity contribution is 7.17. The molecular formula is C19H21NO2S. The molecule has 0 spiro atoms. The second kappa shape index (κ2) is 4.81. The summed E-state index contributed by atoms with van der Waals surface area (Å²) in [4.78, 5) is 12.8. The lowest BCUT2D eigenvalue weighted by molar-refractivity contribution is -0.136. The number of benzene rings is 1. The van der Waals surface area contributed by atoms with E-state index in [-0.39, 0.29) is 11.9 Å². The average Bonchev–Trinajstić information content (AvgIpc) is 2.93. The fourth-order valence-corrected chi connectivity index (χ4v) is 6.54. The van der Waals surface area contributed by atoms with E-state index in [0.717, 1.165) is 34.9 Å². The van der Waals surface area contributed by atoms with Crippen LogP contribution >= 0.6 is 11.3 Å². The van der Waals surface area contributed by atoms with E-state index in [9.17, 15) is 9.90 Å². The summed E-state index contributed by atoms with van der Waals surface area (Å²) in [6, 6.07) is 8.34.